The Kier molecular flexibility index (Phi) is 8.92. The molecule has 0 saturated heterocycles. The van der Waals surface area contributed by atoms with E-state index in [1.165, 1.54) is 12.1 Å². The molecule has 0 amide bonds. The minimum absolute atomic E-state index is 0.0764. The SMILES string of the molecule is CC(N)CN.Oc1cc(O)cc(O)c1.Oc1ccccc1O. The maximum absolute atomic E-state index is 8.67. The number of hydrogen-bond donors (Lipinski definition) is 7. The topological polar surface area (TPSA) is 153 Å². The number of aromatic hydroxyl groups is 5. The van der Waals surface area contributed by atoms with E-state index < -0.39 is 0 Å². The average molecular weight is 310 g/mol. The molecule has 0 heterocycles. The fourth-order valence-corrected chi connectivity index (χ4v) is 1.04. The number of rotatable bonds is 1. The molecule has 2 aromatic carbocycles. The van der Waals surface area contributed by atoms with Gasteiger partial charge in [-0.25, -0.2) is 0 Å². The molecule has 0 radical (unpaired) electrons. The summed E-state index contributed by atoms with van der Waals surface area (Å²) in [6, 6.07) is 9.73. The molecule has 22 heavy (non-hydrogen) atoms. The molecule has 0 aliphatic rings. The van der Waals surface area contributed by atoms with Crippen LogP contribution in [0, 0.1) is 0 Å². The van der Waals surface area contributed by atoms with Crippen molar-refractivity contribution in [1.82, 2.24) is 0 Å². The van der Waals surface area contributed by atoms with Crippen LogP contribution in [-0.2, 0) is 0 Å². The lowest BCUT2D eigenvalue weighted by Crippen LogP contribution is -2.25. The molecule has 2 rings (SSSR count). The third-order valence-corrected chi connectivity index (χ3v) is 2.14. The number of nitrogens with two attached hydrogens (primary N) is 2. The van der Waals surface area contributed by atoms with Gasteiger partial charge < -0.3 is 37.0 Å². The molecule has 1 unspecified atom stereocenters. The molecule has 0 spiro atoms. The Hall–Kier alpha value is -2.64. The smallest absolute Gasteiger partial charge is 0.157 e. The third-order valence-electron chi connectivity index (χ3n) is 2.14. The highest BCUT2D eigenvalue weighted by Gasteiger charge is 1.94. The molecule has 0 aromatic heterocycles. The van der Waals surface area contributed by atoms with Crippen LogP contribution in [0.1, 0.15) is 6.92 Å². The molecule has 0 aliphatic heterocycles. The zero-order chi connectivity index (χ0) is 17.1. The summed E-state index contributed by atoms with van der Waals surface area (Å²) in [5, 5.41) is 43.4. The van der Waals surface area contributed by atoms with Gasteiger partial charge in [-0.15, -0.1) is 0 Å². The Morgan fingerprint density at radius 2 is 1.09 bits per heavy atom. The van der Waals surface area contributed by atoms with Crippen molar-refractivity contribution >= 4 is 0 Å². The summed E-state index contributed by atoms with van der Waals surface area (Å²) in [7, 11) is 0. The van der Waals surface area contributed by atoms with Crippen LogP contribution in [-0.4, -0.2) is 38.1 Å². The molecule has 0 fully saturated rings. The molecule has 7 heteroatoms. The molecule has 0 bridgehead atoms. The fourth-order valence-electron chi connectivity index (χ4n) is 1.04. The number of phenols is 5. The van der Waals surface area contributed by atoms with E-state index >= 15 is 0 Å². The highest BCUT2D eigenvalue weighted by atomic mass is 16.3. The predicted octanol–water partition coefficient (Wildman–Crippen LogP) is 1.19. The molecule has 7 nitrogen and oxygen atoms in total. The van der Waals surface area contributed by atoms with Crippen molar-refractivity contribution < 1.29 is 25.5 Å². The van der Waals surface area contributed by atoms with Crippen molar-refractivity contribution in [1.29, 1.82) is 0 Å². The lowest BCUT2D eigenvalue weighted by molar-refractivity contribution is 0.404. The summed E-state index contributed by atoms with van der Waals surface area (Å²) in [6.07, 6.45) is 0. The van der Waals surface area contributed by atoms with E-state index in [4.69, 9.17) is 37.0 Å². The van der Waals surface area contributed by atoms with Crippen LogP contribution in [0.4, 0.5) is 0 Å². The van der Waals surface area contributed by atoms with E-state index in [0.29, 0.717) is 6.54 Å². The lowest BCUT2D eigenvalue weighted by atomic mass is 10.3. The quantitative estimate of drug-likeness (QED) is 0.390. The van der Waals surface area contributed by atoms with Crippen LogP contribution < -0.4 is 11.5 Å². The van der Waals surface area contributed by atoms with Crippen molar-refractivity contribution in [3.63, 3.8) is 0 Å². The molecular weight excluding hydrogens is 288 g/mol. The second kappa shape index (κ2) is 10.1. The van der Waals surface area contributed by atoms with Crippen LogP contribution >= 0.6 is 0 Å². The number of hydrogen-bond acceptors (Lipinski definition) is 7. The molecule has 0 saturated carbocycles. The van der Waals surface area contributed by atoms with Crippen molar-refractivity contribution in [2.24, 2.45) is 11.5 Å². The van der Waals surface area contributed by atoms with Gasteiger partial charge in [0, 0.05) is 30.8 Å². The summed E-state index contributed by atoms with van der Waals surface area (Å²) in [6.45, 7) is 2.46. The summed E-state index contributed by atoms with van der Waals surface area (Å²) in [5.41, 5.74) is 10.2. The maximum Gasteiger partial charge on any atom is 0.157 e. The standard InChI is InChI=1S/C6H6O3.C6H6O2.C3H10N2/c7-4-1-5(8)3-6(9)2-4;7-5-3-1-2-4-6(5)8;1-3(5)2-4/h1-3,7-9H;1-4,7-8H;3H,2,4-5H2,1H3. The first-order valence-corrected chi connectivity index (χ1v) is 6.40. The summed E-state index contributed by atoms with van der Waals surface area (Å²) in [4.78, 5) is 0. The van der Waals surface area contributed by atoms with Gasteiger partial charge in [0.25, 0.3) is 0 Å². The second-order valence-electron chi connectivity index (χ2n) is 4.41. The Morgan fingerprint density at radius 1 is 0.818 bits per heavy atom. The Bertz CT molecular complexity index is 490. The highest BCUT2D eigenvalue weighted by molar-refractivity contribution is 5.39. The van der Waals surface area contributed by atoms with E-state index in [9.17, 15) is 0 Å². The summed E-state index contributed by atoms with van der Waals surface area (Å²) >= 11 is 0. The Morgan fingerprint density at radius 3 is 1.27 bits per heavy atom. The third kappa shape index (κ3) is 9.29. The second-order valence-corrected chi connectivity index (χ2v) is 4.41. The largest absolute Gasteiger partial charge is 0.508 e. The molecule has 2 aromatic rings. The van der Waals surface area contributed by atoms with Gasteiger partial charge in [-0.2, -0.15) is 0 Å². The van der Waals surface area contributed by atoms with E-state index in [1.807, 2.05) is 6.92 Å². The van der Waals surface area contributed by atoms with Crippen molar-refractivity contribution in [2.75, 3.05) is 6.54 Å². The normalized spacial score (nSPS) is 10.5. The summed E-state index contributed by atoms with van der Waals surface area (Å²) in [5.74, 6) is -0.590. The van der Waals surface area contributed by atoms with Gasteiger partial charge in [-0.1, -0.05) is 12.1 Å². The number of phenolic OH excluding ortho intramolecular Hbond substituents is 5. The van der Waals surface area contributed by atoms with Crippen LogP contribution in [0.5, 0.6) is 28.7 Å². The predicted molar refractivity (Wildman–Crippen MR) is 83.9 cm³/mol. The first kappa shape index (κ1) is 19.4. The lowest BCUT2D eigenvalue weighted by Gasteiger charge is -1.94. The van der Waals surface area contributed by atoms with Gasteiger partial charge in [0.15, 0.2) is 11.5 Å². The van der Waals surface area contributed by atoms with Gasteiger partial charge in [0.1, 0.15) is 17.2 Å². The Balaban J connectivity index is 0.000000315. The fraction of sp³-hybridized carbons (Fsp3) is 0.200. The van der Waals surface area contributed by atoms with Gasteiger partial charge in [-0.05, 0) is 19.1 Å². The number of benzene rings is 2. The molecule has 1 atom stereocenters. The van der Waals surface area contributed by atoms with E-state index in [2.05, 4.69) is 0 Å². The molecular formula is C15H22N2O5. The monoisotopic (exact) mass is 310 g/mol. The minimum atomic E-state index is -0.146. The van der Waals surface area contributed by atoms with E-state index in [0.717, 1.165) is 18.2 Å². The van der Waals surface area contributed by atoms with Gasteiger partial charge in [-0.3, -0.25) is 0 Å². The van der Waals surface area contributed by atoms with Crippen molar-refractivity contribution in [2.45, 2.75) is 13.0 Å². The number of para-hydroxylation sites is 2. The van der Waals surface area contributed by atoms with Crippen LogP contribution in [0.3, 0.4) is 0 Å². The molecule has 122 valence electrons. The van der Waals surface area contributed by atoms with E-state index in [1.54, 1.807) is 12.1 Å². The summed E-state index contributed by atoms with van der Waals surface area (Å²) < 4.78 is 0. The highest BCUT2D eigenvalue weighted by Crippen LogP contribution is 2.24. The molecule has 0 aliphatic carbocycles. The van der Waals surface area contributed by atoms with Crippen molar-refractivity contribution in [3.8, 4) is 28.7 Å². The maximum atomic E-state index is 8.67. The zero-order valence-corrected chi connectivity index (χ0v) is 12.2. The van der Waals surface area contributed by atoms with E-state index in [-0.39, 0.29) is 34.8 Å². The van der Waals surface area contributed by atoms with Gasteiger partial charge >= 0.3 is 0 Å². The zero-order valence-electron chi connectivity index (χ0n) is 12.2. The van der Waals surface area contributed by atoms with Crippen LogP contribution in [0.15, 0.2) is 42.5 Å². The first-order chi connectivity index (χ1) is 10.3. The van der Waals surface area contributed by atoms with Gasteiger partial charge in [0.2, 0.25) is 0 Å². The van der Waals surface area contributed by atoms with Crippen molar-refractivity contribution in [3.05, 3.63) is 42.5 Å². The first-order valence-electron chi connectivity index (χ1n) is 6.40. The minimum Gasteiger partial charge on any atom is -0.508 e. The average Bonchev–Trinajstić information content (AvgIpc) is 2.42. The Labute approximate surface area is 128 Å². The molecule has 9 N–H and O–H groups in total. The van der Waals surface area contributed by atoms with Crippen LogP contribution in [0.2, 0.25) is 0 Å². The van der Waals surface area contributed by atoms with Gasteiger partial charge in [0.05, 0.1) is 0 Å². The van der Waals surface area contributed by atoms with Crippen LogP contribution in [0.25, 0.3) is 0 Å².